The molecule has 0 aliphatic rings. The number of nitrogens with zero attached hydrogens (tertiary/aromatic N) is 4. The number of rotatable bonds is 4. The molecule has 16 heteroatoms. The first kappa shape index (κ1) is 32.5. The minimum Gasteiger partial charge on any atom is -0.759 e. The summed E-state index contributed by atoms with van der Waals surface area (Å²) >= 11 is 0. The Morgan fingerprint density at radius 2 is 0.912 bits per heavy atom. The molecule has 1 radical (unpaired) electrons. The normalized spacial score (nSPS) is 10.8. The first-order valence-corrected chi connectivity index (χ1v) is 10.2. The molecular formula is C18H26CuN10O4S. The summed E-state index contributed by atoms with van der Waals surface area (Å²) in [5.74, 6) is 0.0151. The third kappa shape index (κ3) is 23.0. The molecule has 0 atom stereocenters. The molecule has 0 heterocycles. The summed E-state index contributed by atoms with van der Waals surface area (Å²) < 4.78 is 34.1. The van der Waals surface area contributed by atoms with Crippen molar-refractivity contribution in [3.8, 4) is 0 Å². The summed E-state index contributed by atoms with van der Waals surface area (Å²) in [5, 5.41) is 0. The molecule has 2 aromatic carbocycles. The summed E-state index contributed by atoms with van der Waals surface area (Å²) in [6, 6.07) is 19.4. The number of nitrogens with two attached hydrogens (primary N) is 6. The van der Waals surface area contributed by atoms with Gasteiger partial charge in [-0.25, -0.2) is 9.98 Å². The number of hydrogen-bond acceptors (Lipinski definition) is 6. The molecule has 0 amide bonds. The molecule has 2 rings (SSSR count). The Bertz CT molecular complexity index is 975. The fraction of sp³-hybridized carbons (Fsp3) is 0.111. The Kier molecular flexibility index (Phi) is 17.0. The van der Waals surface area contributed by atoms with Crippen LogP contribution < -0.4 is 34.4 Å². The molecule has 0 spiro atoms. The molecule has 0 aliphatic heterocycles. The third-order valence-electron chi connectivity index (χ3n) is 3.02. The molecule has 2 aromatic rings. The van der Waals surface area contributed by atoms with Crippen LogP contribution >= 0.6 is 0 Å². The monoisotopic (exact) mass is 541 g/mol. The largest absolute Gasteiger partial charge is 2.00 e. The van der Waals surface area contributed by atoms with Gasteiger partial charge in [0.05, 0.1) is 13.1 Å². The van der Waals surface area contributed by atoms with E-state index in [9.17, 15) is 0 Å². The van der Waals surface area contributed by atoms with Gasteiger partial charge in [-0.05, 0) is 11.1 Å². The fourth-order valence-electron chi connectivity index (χ4n) is 1.85. The summed E-state index contributed by atoms with van der Waals surface area (Å²) in [6.07, 6.45) is 0. The topological polar surface area (TPSA) is 286 Å². The molecule has 0 saturated heterocycles. The first-order chi connectivity index (χ1) is 15.4. The zero-order valence-corrected chi connectivity index (χ0v) is 19.5. The van der Waals surface area contributed by atoms with Crippen molar-refractivity contribution in [2.75, 3.05) is 0 Å². The van der Waals surface area contributed by atoms with E-state index in [4.69, 9.17) is 51.9 Å². The number of hydrogen-bond donors (Lipinski definition) is 6. The minimum atomic E-state index is -5.17. The Labute approximate surface area is 208 Å². The summed E-state index contributed by atoms with van der Waals surface area (Å²) in [7, 11) is -5.17. The summed E-state index contributed by atoms with van der Waals surface area (Å²) in [4.78, 5) is 15.1. The van der Waals surface area contributed by atoms with Crippen LogP contribution in [-0.4, -0.2) is 41.4 Å². The Hall–Kier alpha value is -3.69. The van der Waals surface area contributed by atoms with E-state index in [1.807, 2.05) is 60.7 Å². The first-order valence-electron chi connectivity index (χ1n) is 8.90. The van der Waals surface area contributed by atoms with Crippen LogP contribution in [0.3, 0.4) is 0 Å². The van der Waals surface area contributed by atoms with E-state index >= 15 is 0 Å². The van der Waals surface area contributed by atoms with Gasteiger partial charge in [-0.2, -0.15) is 9.98 Å². The molecule has 0 saturated carbocycles. The predicted molar refractivity (Wildman–Crippen MR) is 126 cm³/mol. The third-order valence-corrected chi connectivity index (χ3v) is 3.02. The second kappa shape index (κ2) is 17.8. The van der Waals surface area contributed by atoms with Crippen LogP contribution in [0.1, 0.15) is 11.1 Å². The molecular weight excluding hydrogens is 516 g/mol. The van der Waals surface area contributed by atoms with E-state index in [0.29, 0.717) is 13.1 Å². The van der Waals surface area contributed by atoms with E-state index < -0.39 is 10.4 Å². The van der Waals surface area contributed by atoms with Gasteiger partial charge in [0.15, 0.2) is 11.9 Å². The SMILES string of the molecule is NC(N)=NC(N)=NCc1ccccc1.NC(N)=NC(N)=NCc1ccccc1.O=S(=O)([O-])[O-].[Cu+2]. The van der Waals surface area contributed by atoms with Crippen LogP contribution in [0.2, 0.25) is 0 Å². The smallest absolute Gasteiger partial charge is 0.759 e. The molecule has 14 nitrogen and oxygen atoms in total. The van der Waals surface area contributed by atoms with Crippen LogP contribution in [0.25, 0.3) is 0 Å². The van der Waals surface area contributed by atoms with E-state index in [0.717, 1.165) is 11.1 Å². The fourth-order valence-corrected chi connectivity index (χ4v) is 1.85. The van der Waals surface area contributed by atoms with E-state index in [-0.39, 0.29) is 40.9 Å². The van der Waals surface area contributed by atoms with Crippen molar-refractivity contribution in [2.45, 2.75) is 13.1 Å². The van der Waals surface area contributed by atoms with Gasteiger partial charge in [-0.15, -0.1) is 0 Å². The van der Waals surface area contributed by atoms with Gasteiger partial charge in [-0.3, -0.25) is 8.42 Å². The standard InChI is InChI=1S/2C9H13N5.Cu.H2O4S/c2*10-8(11)14-9(12)13-6-7-4-2-1-3-5-7;;1-5(2,3)4/h2*1-5H,6H2,(H6,10,11,12,13,14);;(H2,1,2,3,4)/q;;+2;/p-2. The van der Waals surface area contributed by atoms with E-state index in [1.54, 1.807) is 0 Å². The molecule has 12 N–H and O–H groups in total. The maximum atomic E-state index is 8.52. The molecule has 0 bridgehead atoms. The Morgan fingerprint density at radius 1 is 0.647 bits per heavy atom. The number of aliphatic imine (C=N–C) groups is 4. The zero-order chi connectivity index (χ0) is 25.3. The van der Waals surface area contributed by atoms with Crippen molar-refractivity contribution >= 4 is 34.2 Å². The van der Waals surface area contributed by atoms with Gasteiger partial charge in [0, 0.05) is 10.4 Å². The van der Waals surface area contributed by atoms with Crippen molar-refractivity contribution in [2.24, 2.45) is 54.4 Å². The van der Waals surface area contributed by atoms with Crippen LogP contribution in [0.4, 0.5) is 0 Å². The van der Waals surface area contributed by atoms with Crippen molar-refractivity contribution in [1.82, 2.24) is 0 Å². The molecule has 0 aliphatic carbocycles. The van der Waals surface area contributed by atoms with Crippen molar-refractivity contribution in [3.63, 3.8) is 0 Å². The number of benzene rings is 2. The number of guanidine groups is 4. The molecule has 0 aromatic heterocycles. The molecule has 189 valence electrons. The van der Waals surface area contributed by atoms with Gasteiger partial charge in [0.2, 0.25) is 11.9 Å². The molecule has 34 heavy (non-hydrogen) atoms. The average molecular weight is 542 g/mol. The van der Waals surface area contributed by atoms with Gasteiger partial charge in [0.25, 0.3) is 0 Å². The van der Waals surface area contributed by atoms with E-state index in [2.05, 4.69) is 20.0 Å². The second-order valence-electron chi connectivity index (χ2n) is 5.80. The van der Waals surface area contributed by atoms with Crippen LogP contribution in [-0.2, 0) is 40.6 Å². The average Bonchev–Trinajstić information content (AvgIpc) is 2.71. The van der Waals surface area contributed by atoms with Crippen molar-refractivity contribution in [1.29, 1.82) is 0 Å². The van der Waals surface area contributed by atoms with Crippen molar-refractivity contribution in [3.05, 3.63) is 71.8 Å². The minimum absolute atomic E-state index is 0. The van der Waals surface area contributed by atoms with Crippen LogP contribution in [0.15, 0.2) is 80.6 Å². The van der Waals surface area contributed by atoms with Crippen LogP contribution in [0.5, 0.6) is 0 Å². The maximum absolute atomic E-state index is 8.52. The van der Waals surface area contributed by atoms with Gasteiger partial charge >= 0.3 is 17.1 Å². The Balaban J connectivity index is 0. The second-order valence-corrected chi connectivity index (χ2v) is 6.62. The van der Waals surface area contributed by atoms with Gasteiger partial charge < -0.3 is 43.5 Å². The maximum Gasteiger partial charge on any atom is 2.00 e. The van der Waals surface area contributed by atoms with E-state index in [1.165, 1.54) is 0 Å². The van der Waals surface area contributed by atoms with Crippen LogP contribution in [0, 0.1) is 0 Å². The van der Waals surface area contributed by atoms with Gasteiger partial charge in [-0.1, -0.05) is 60.7 Å². The van der Waals surface area contributed by atoms with Crippen molar-refractivity contribution < 1.29 is 34.6 Å². The summed E-state index contributed by atoms with van der Waals surface area (Å²) in [6.45, 7) is 0.951. The van der Waals surface area contributed by atoms with Gasteiger partial charge in [0.1, 0.15) is 0 Å². The molecule has 0 unspecified atom stereocenters. The molecule has 0 fully saturated rings. The summed E-state index contributed by atoms with van der Waals surface area (Å²) in [5.41, 5.74) is 33.5. The Morgan fingerprint density at radius 3 is 1.15 bits per heavy atom. The zero-order valence-electron chi connectivity index (χ0n) is 17.8. The predicted octanol–water partition coefficient (Wildman–Crippen LogP) is -1.79. The quantitative estimate of drug-likeness (QED) is 0.0829.